The SMILES string of the molecule is CC1CCC(C(=O)O)C(N2CCCC2C2CCCC2)C1. The molecule has 1 N–H and O–H groups in total. The van der Waals surface area contributed by atoms with Crippen molar-refractivity contribution in [2.75, 3.05) is 6.54 Å². The van der Waals surface area contributed by atoms with Gasteiger partial charge in [-0.3, -0.25) is 9.69 Å². The van der Waals surface area contributed by atoms with Crippen LogP contribution >= 0.6 is 0 Å². The molecule has 2 aliphatic carbocycles. The average Bonchev–Trinajstić information content (AvgIpc) is 3.09. The van der Waals surface area contributed by atoms with Crippen molar-refractivity contribution in [1.29, 1.82) is 0 Å². The predicted molar refractivity (Wildman–Crippen MR) is 79.6 cm³/mol. The molecule has 1 heterocycles. The summed E-state index contributed by atoms with van der Waals surface area (Å²) in [4.78, 5) is 14.3. The van der Waals surface area contributed by atoms with Gasteiger partial charge in [-0.25, -0.2) is 0 Å². The quantitative estimate of drug-likeness (QED) is 0.859. The number of likely N-dealkylation sites (tertiary alicyclic amines) is 1. The molecule has 3 heteroatoms. The highest BCUT2D eigenvalue weighted by molar-refractivity contribution is 5.71. The Morgan fingerprint density at radius 2 is 1.75 bits per heavy atom. The first-order valence-corrected chi connectivity index (χ1v) is 8.65. The van der Waals surface area contributed by atoms with E-state index < -0.39 is 5.97 Å². The van der Waals surface area contributed by atoms with Crippen molar-refractivity contribution in [1.82, 2.24) is 4.90 Å². The van der Waals surface area contributed by atoms with Gasteiger partial charge in [0.1, 0.15) is 0 Å². The first-order valence-electron chi connectivity index (χ1n) is 8.65. The minimum Gasteiger partial charge on any atom is -0.481 e. The highest BCUT2D eigenvalue weighted by Gasteiger charge is 2.43. The summed E-state index contributed by atoms with van der Waals surface area (Å²) >= 11 is 0. The summed E-state index contributed by atoms with van der Waals surface area (Å²) in [5.74, 6) is 0.872. The third-order valence-corrected chi connectivity index (χ3v) is 6.11. The van der Waals surface area contributed by atoms with Gasteiger partial charge in [-0.2, -0.15) is 0 Å². The second-order valence-corrected chi connectivity index (χ2v) is 7.42. The van der Waals surface area contributed by atoms with E-state index in [0.29, 0.717) is 18.0 Å². The average molecular weight is 279 g/mol. The highest BCUT2D eigenvalue weighted by atomic mass is 16.4. The zero-order valence-electron chi connectivity index (χ0n) is 12.8. The van der Waals surface area contributed by atoms with Crippen LogP contribution < -0.4 is 0 Å². The monoisotopic (exact) mass is 279 g/mol. The van der Waals surface area contributed by atoms with Crippen molar-refractivity contribution in [3.63, 3.8) is 0 Å². The molecule has 0 spiro atoms. The molecule has 0 aromatic heterocycles. The molecule has 4 unspecified atom stereocenters. The molecule has 0 radical (unpaired) electrons. The van der Waals surface area contributed by atoms with Gasteiger partial charge in [0.05, 0.1) is 5.92 Å². The zero-order chi connectivity index (χ0) is 14.1. The van der Waals surface area contributed by atoms with Crippen molar-refractivity contribution in [2.24, 2.45) is 17.8 Å². The van der Waals surface area contributed by atoms with Crippen LogP contribution in [0.5, 0.6) is 0 Å². The Hall–Kier alpha value is -0.570. The maximum Gasteiger partial charge on any atom is 0.308 e. The van der Waals surface area contributed by atoms with Crippen molar-refractivity contribution in [3.8, 4) is 0 Å². The number of nitrogens with zero attached hydrogens (tertiary/aromatic N) is 1. The normalized spacial score (nSPS) is 40.2. The lowest BCUT2D eigenvalue weighted by molar-refractivity contribution is -0.146. The van der Waals surface area contributed by atoms with Crippen LogP contribution in [0, 0.1) is 17.8 Å². The minimum absolute atomic E-state index is 0.117. The smallest absolute Gasteiger partial charge is 0.308 e. The third kappa shape index (κ3) is 2.74. The van der Waals surface area contributed by atoms with Crippen LogP contribution in [-0.2, 0) is 4.79 Å². The van der Waals surface area contributed by atoms with Gasteiger partial charge in [-0.05, 0) is 63.3 Å². The van der Waals surface area contributed by atoms with Crippen molar-refractivity contribution < 1.29 is 9.90 Å². The summed E-state index contributed by atoms with van der Waals surface area (Å²) in [6, 6.07) is 0.999. The van der Waals surface area contributed by atoms with Crippen molar-refractivity contribution in [3.05, 3.63) is 0 Å². The van der Waals surface area contributed by atoms with Gasteiger partial charge >= 0.3 is 5.97 Å². The Kier molecular flexibility index (Phi) is 4.34. The lowest BCUT2D eigenvalue weighted by Gasteiger charge is -2.43. The molecule has 1 saturated heterocycles. The molecule has 3 aliphatic rings. The molecule has 114 valence electrons. The van der Waals surface area contributed by atoms with E-state index in [9.17, 15) is 9.90 Å². The topological polar surface area (TPSA) is 40.5 Å². The van der Waals surface area contributed by atoms with E-state index >= 15 is 0 Å². The highest BCUT2D eigenvalue weighted by Crippen LogP contribution is 2.41. The minimum atomic E-state index is -0.557. The number of hydrogen-bond acceptors (Lipinski definition) is 2. The molecule has 20 heavy (non-hydrogen) atoms. The largest absolute Gasteiger partial charge is 0.481 e. The number of carboxylic acid groups (broad SMARTS) is 1. The molecule has 1 aliphatic heterocycles. The maximum absolute atomic E-state index is 11.6. The molecule has 3 nitrogen and oxygen atoms in total. The van der Waals surface area contributed by atoms with Crippen LogP contribution in [-0.4, -0.2) is 34.6 Å². The van der Waals surface area contributed by atoms with Crippen molar-refractivity contribution in [2.45, 2.75) is 76.8 Å². The van der Waals surface area contributed by atoms with E-state index in [0.717, 1.165) is 31.7 Å². The van der Waals surface area contributed by atoms with E-state index in [-0.39, 0.29) is 5.92 Å². The van der Waals surface area contributed by atoms with E-state index in [2.05, 4.69) is 11.8 Å². The second kappa shape index (κ2) is 6.05. The summed E-state index contributed by atoms with van der Waals surface area (Å²) in [5.41, 5.74) is 0. The molecule has 0 aromatic carbocycles. The first kappa shape index (κ1) is 14.4. The first-order chi connectivity index (χ1) is 9.66. The predicted octanol–water partition coefficient (Wildman–Crippen LogP) is 3.53. The second-order valence-electron chi connectivity index (χ2n) is 7.42. The maximum atomic E-state index is 11.6. The number of carbonyl (C=O) groups is 1. The Bertz CT molecular complexity index is 351. The van der Waals surface area contributed by atoms with Crippen LogP contribution in [0.15, 0.2) is 0 Å². The van der Waals surface area contributed by atoms with E-state index in [4.69, 9.17) is 0 Å². The Balaban J connectivity index is 1.75. The Morgan fingerprint density at radius 1 is 1.00 bits per heavy atom. The van der Waals surface area contributed by atoms with Gasteiger partial charge in [0.25, 0.3) is 0 Å². The number of rotatable bonds is 3. The molecule has 4 atom stereocenters. The number of carboxylic acids is 1. The lowest BCUT2D eigenvalue weighted by atomic mass is 9.77. The van der Waals surface area contributed by atoms with E-state index in [1.807, 2.05) is 0 Å². The summed E-state index contributed by atoms with van der Waals surface area (Å²) in [5, 5.41) is 9.58. The lowest BCUT2D eigenvalue weighted by Crippen LogP contribution is -2.50. The molecule has 2 saturated carbocycles. The van der Waals surface area contributed by atoms with Crippen LogP contribution in [0.3, 0.4) is 0 Å². The van der Waals surface area contributed by atoms with Crippen LogP contribution in [0.4, 0.5) is 0 Å². The summed E-state index contributed by atoms with van der Waals surface area (Å²) < 4.78 is 0. The molecule has 0 aromatic rings. The fourth-order valence-electron chi connectivity index (χ4n) is 5.08. The summed E-state index contributed by atoms with van der Waals surface area (Å²) in [6.45, 7) is 3.44. The summed E-state index contributed by atoms with van der Waals surface area (Å²) in [6.07, 6.45) is 11.2. The van der Waals surface area contributed by atoms with Gasteiger partial charge in [0, 0.05) is 12.1 Å². The number of aliphatic carboxylic acids is 1. The Labute approximate surface area is 122 Å². The van der Waals surface area contributed by atoms with Crippen LogP contribution in [0.1, 0.15) is 64.7 Å². The number of hydrogen-bond donors (Lipinski definition) is 1. The van der Waals surface area contributed by atoms with Crippen LogP contribution in [0.2, 0.25) is 0 Å². The van der Waals surface area contributed by atoms with Gasteiger partial charge in [0.15, 0.2) is 0 Å². The van der Waals surface area contributed by atoms with E-state index in [1.165, 1.54) is 38.5 Å². The summed E-state index contributed by atoms with van der Waals surface area (Å²) in [7, 11) is 0. The van der Waals surface area contributed by atoms with Gasteiger partial charge < -0.3 is 5.11 Å². The molecule has 0 bridgehead atoms. The van der Waals surface area contributed by atoms with E-state index in [1.54, 1.807) is 0 Å². The van der Waals surface area contributed by atoms with Crippen molar-refractivity contribution >= 4 is 5.97 Å². The van der Waals surface area contributed by atoms with Gasteiger partial charge in [0.2, 0.25) is 0 Å². The molecule has 3 rings (SSSR count). The van der Waals surface area contributed by atoms with Gasteiger partial charge in [-0.1, -0.05) is 19.8 Å². The fraction of sp³-hybridized carbons (Fsp3) is 0.941. The zero-order valence-corrected chi connectivity index (χ0v) is 12.8. The third-order valence-electron chi connectivity index (χ3n) is 6.11. The fourth-order valence-corrected chi connectivity index (χ4v) is 5.08. The van der Waals surface area contributed by atoms with Crippen LogP contribution in [0.25, 0.3) is 0 Å². The molecular weight excluding hydrogens is 250 g/mol. The molecular formula is C17H29NO2. The standard InChI is InChI=1S/C17H29NO2/c1-12-8-9-14(17(19)20)16(11-12)18-10-4-7-15(18)13-5-2-3-6-13/h12-16H,2-11H2,1H3,(H,19,20). The Morgan fingerprint density at radius 3 is 2.45 bits per heavy atom. The molecule has 0 amide bonds. The van der Waals surface area contributed by atoms with Gasteiger partial charge in [-0.15, -0.1) is 0 Å². The molecule has 3 fully saturated rings.